The smallest absolute Gasteiger partial charge is 0.417 e. The second-order valence-corrected chi connectivity index (χ2v) is 6.28. The van der Waals surface area contributed by atoms with Crippen LogP contribution in [0.3, 0.4) is 0 Å². The summed E-state index contributed by atoms with van der Waals surface area (Å²) < 4.78 is 42.3. The molecule has 0 spiro atoms. The summed E-state index contributed by atoms with van der Waals surface area (Å²) in [6.45, 7) is 1.20. The molecule has 0 aliphatic rings. The van der Waals surface area contributed by atoms with Gasteiger partial charge in [0.2, 0.25) is 0 Å². The largest absolute Gasteiger partial charge is 0.451 e. The first-order chi connectivity index (χ1) is 11.2. The van der Waals surface area contributed by atoms with E-state index in [1.807, 2.05) is 6.92 Å². The SMILES string of the molecule is Cc1ccc(C(=O)OCC(=O)Nc2ncc(C(F)(F)F)cc2Cl)s1. The third-order valence-corrected chi connectivity index (χ3v) is 3.97. The Hall–Kier alpha value is -2.13. The van der Waals surface area contributed by atoms with Crippen molar-refractivity contribution in [1.82, 2.24) is 4.98 Å². The van der Waals surface area contributed by atoms with Crippen molar-refractivity contribution < 1.29 is 27.5 Å². The van der Waals surface area contributed by atoms with Crippen molar-refractivity contribution >= 4 is 40.6 Å². The average Bonchev–Trinajstić information content (AvgIpc) is 2.92. The van der Waals surface area contributed by atoms with Crippen molar-refractivity contribution in [2.45, 2.75) is 13.1 Å². The van der Waals surface area contributed by atoms with Crippen LogP contribution in [0, 0.1) is 6.92 Å². The van der Waals surface area contributed by atoms with Gasteiger partial charge in [-0.15, -0.1) is 11.3 Å². The molecular weight excluding hydrogens is 369 g/mol. The third kappa shape index (κ3) is 4.68. The van der Waals surface area contributed by atoms with E-state index in [2.05, 4.69) is 10.3 Å². The summed E-state index contributed by atoms with van der Waals surface area (Å²) in [5.41, 5.74) is -1.04. The summed E-state index contributed by atoms with van der Waals surface area (Å²) in [5, 5.41) is 1.80. The minimum absolute atomic E-state index is 0.252. The molecule has 1 amide bonds. The van der Waals surface area contributed by atoms with Crippen molar-refractivity contribution in [3.05, 3.63) is 44.7 Å². The number of amides is 1. The molecule has 0 unspecified atom stereocenters. The first-order valence-electron chi connectivity index (χ1n) is 6.43. The molecule has 128 valence electrons. The number of alkyl halides is 3. The third-order valence-electron chi connectivity index (χ3n) is 2.70. The normalized spacial score (nSPS) is 11.2. The molecule has 1 N–H and O–H groups in total. The van der Waals surface area contributed by atoms with Gasteiger partial charge in [-0.25, -0.2) is 9.78 Å². The van der Waals surface area contributed by atoms with Gasteiger partial charge < -0.3 is 10.1 Å². The van der Waals surface area contributed by atoms with Crippen LogP contribution < -0.4 is 5.32 Å². The average molecular weight is 379 g/mol. The van der Waals surface area contributed by atoms with Gasteiger partial charge in [0.05, 0.1) is 10.6 Å². The van der Waals surface area contributed by atoms with Crippen molar-refractivity contribution in [1.29, 1.82) is 0 Å². The van der Waals surface area contributed by atoms with Crippen LogP contribution in [0.5, 0.6) is 0 Å². The van der Waals surface area contributed by atoms with Crippen LogP contribution in [0.25, 0.3) is 0 Å². The predicted octanol–water partition coefficient (Wildman–Crippen LogP) is 3.92. The molecule has 24 heavy (non-hydrogen) atoms. The molecule has 0 saturated heterocycles. The zero-order chi connectivity index (χ0) is 17.9. The molecule has 5 nitrogen and oxygen atoms in total. The highest BCUT2D eigenvalue weighted by atomic mass is 35.5. The van der Waals surface area contributed by atoms with Gasteiger partial charge in [-0.05, 0) is 25.1 Å². The Balaban J connectivity index is 1.94. The van der Waals surface area contributed by atoms with E-state index in [0.717, 1.165) is 4.88 Å². The number of hydrogen-bond donors (Lipinski definition) is 1. The monoisotopic (exact) mass is 378 g/mol. The van der Waals surface area contributed by atoms with Crippen LogP contribution in [0.2, 0.25) is 5.02 Å². The predicted molar refractivity (Wildman–Crippen MR) is 82.2 cm³/mol. The molecule has 2 aromatic rings. The lowest BCUT2D eigenvalue weighted by atomic mass is 10.3. The van der Waals surface area contributed by atoms with Crippen molar-refractivity contribution in [3.8, 4) is 0 Å². The summed E-state index contributed by atoms with van der Waals surface area (Å²) >= 11 is 6.87. The lowest BCUT2D eigenvalue weighted by Crippen LogP contribution is -2.21. The molecule has 10 heteroatoms. The first-order valence-corrected chi connectivity index (χ1v) is 7.62. The highest BCUT2D eigenvalue weighted by molar-refractivity contribution is 7.13. The van der Waals surface area contributed by atoms with E-state index >= 15 is 0 Å². The summed E-state index contributed by atoms with van der Waals surface area (Å²) in [6.07, 6.45) is -4.05. The quantitative estimate of drug-likeness (QED) is 0.819. The lowest BCUT2D eigenvalue weighted by molar-refractivity contribution is -0.137. The molecule has 2 heterocycles. The van der Waals surface area contributed by atoms with E-state index in [9.17, 15) is 22.8 Å². The topological polar surface area (TPSA) is 68.3 Å². The van der Waals surface area contributed by atoms with Crippen molar-refractivity contribution in [2.24, 2.45) is 0 Å². The molecular formula is C14H10ClF3N2O3S. The summed E-state index contributed by atoms with van der Waals surface area (Å²) in [4.78, 5) is 28.1. The van der Waals surface area contributed by atoms with Crippen LogP contribution in [-0.4, -0.2) is 23.5 Å². The number of rotatable bonds is 4. The number of hydrogen-bond acceptors (Lipinski definition) is 5. The van der Waals surface area contributed by atoms with Gasteiger partial charge in [-0.1, -0.05) is 11.6 Å². The Morgan fingerprint density at radius 1 is 1.38 bits per heavy atom. The van der Waals surface area contributed by atoms with E-state index in [-0.39, 0.29) is 10.8 Å². The minimum atomic E-state index is -4.59. The van der Waals surface area contributed by atoms with Crippen LogP contribution in [0.15, 0.2) is 24.4 Å². The second kappa shape index (κ2) is 7.18. The van der Waals surface area contributed by atoms with Gasteiger partial charge in [0.15, 0.2) is 12.4 Å². The number of aromatic nitrogens is 1. The van der Waals surface area contributed by atoms with Crippen LogP contribution in [-0.2, 0) is 15.7 Å². The number of pyridine rings is 1. The molecule has 2 aromatic heterocycles. The zero-order valence-electron chi connectivity index (χ0n) is 12.1. The van der Waals surface area contributed by atoms with Gasteiger partial charge in [0.1, 0.15) is 4.88 Å². The van der Waals surface area contributed by atoms with Crippen LogP contribution >= 0.6 is 22.9 Å². The Kier molecular flexibility index (Phi) is 5.45. The molecule has 0 saturated carbocycles. The maximum absolute atomic E-state index is 12.5. The van der Waals surface area contributed by atoms with Crippen LogP contribution in [0.4, 0.5) is 19.0 Å². The summed E-state index contributed by atoms with van der Waals surface area (Å²) in [7, 11) is 0. The number of anilines is 1. The standard InChI is InChI=1S/C14H10ClF3N2O3S/c1-7-2-3-10(24-7)13(22)23-6-11(21)20-12-9(15)4-8(5-19-12)14(16,17)18/h2-5H,6H2,1H3,(H,19,20,21). The number of thiophene rings is 1. The van der Waals surface area contributed by atoms with Gasteiger partial charge >= 0.3 is 12.1 Å². The highest BCUT2D eigenvalue weighted by Gasteiger charge is 2.31. The van der Waals surface area contributed by atoms with Gasteiger partial charge in [-0.3, -0.25) is 4.79 Å². The Morgan fingerprint density at radius 2 is 2.08 bits per heavy atom. The molecule has 2 rings (SSSR count). The number of esters is 1. The Morgan fingerprint density at radius 3 is 2.62 bits per heavy atom. The number of carbonyl (C=O) groups is 2. The zero-order valence-corrected chi connectivity index (χ0v) is 13.7. The van der Waals surface area contributed by atoms with E-state index in [4.69, 9.17) is 16.3 Å². The number of nitrogens with zero attached hydrogens (tertiary/aromatic N) is 1. The lowest BCUT2D eigenvalue weighted by Gasteiger charge is -2.10. The van der Waals surface area contributed by atoms with Crippen molar-refractivity contribution in [2.75, 3.05) is 11.9 Å². The van der Waals surface area contributed by atoms with E-state index < -0.39 is 30.2 Å². The highest BCUT2D eigenvalue weighted by Crippen LogP contribution is 2.32. The number of nitrogens with one attached hydrogen (secondary N) is 1. The summed E-state index contributed by atoms with van der Waals surface area (Å²) in [5.74, 6) is -1.70. The summed E-state index contributed by atoms with van der Waals surface area (Å²) in [6, 6.07) is 3.94. The molecule has 0 aliphatic carbocycles. The number of aryl methyl sites for hydroxylation is 1. The Bertz CT molecular complexity index is 777. The van der Waals surface area contributed by atoms with Gasteiger partial charge in [-0.2, -0.15) is 13.2 Å². The minimum Gasteiger partial charge on any atom is -0.451 e. The molecule has 0 radical (unpaired) electrons. The van der Waals surface area contributed by atoms with E-state index in [0.29, 0.717) is 17.1 Å². The molecule has 0 fully saturated rings. The first kappa shape index (κ1) is 18.2. The van der Waals surface area contributed by atoms with Gasteiger partial charge in [0, 0.05) is 11.1 Å². The second-order valence-electron chi connectivity index (χ2n) is 4.59. The fraction of sp³-hybridized carbons (Fsp3) is 0.214. The van der Waals surface area contributed by atoms with Crippen molar-refractivity contribution in [3.63, 3.8) is 0 Å². The molecule has 0 aromatic carbocycles. The number of ether oxygens (including phenoxy) is 1. The van der Waals surface area contributed by atoms with Crippen LogP contribution in [0.1, 0.15) is 20.1 Å². The molecule has 0 atom stereocenters. The molecule has 0 aliphatic heterocycles. The maximum atomic E-state index is 12.5. The van der Waals surface area contributed by atoms with Gasteiger partial charge in [0.25, 0.3) is 5.91 Å². The van der Waals surface area contributed by atoms with E-state index in [1.54, 1.807) is 12.1 Å². The fourth-order valence-electron chi connectivity index (χ4n) is 1.60. The van der Waals surface area contributed by atoms with E-state index in [1.165, 1.54) is 11.3 Å². The Labute approximate surface area is 143 Å². The molecule has 0 bridgehead atoms. The number of halogens is 4. The maximum Gasteiger partial charge on any atom is 0.417 e. The fourth-order valence-corrected chi connectivity index (χ4v) is 2.57. The number of carbonyl (C=O) groups excluding carboxylic acids is 2.